The summed E-state index contributed by atoms with van der Waals surface area (Å²) < 4.78 is 163. The smallest absolute Gasteiger partial charge is 0.407 e. The Kier molecular flexibility index (Phi) is 15.8. The lowest BCUT2D eigenvalue weighted by molar-refractivity contribution is -0.153. The van der Waals surface area contributed by atoms with Crippen molar-refractivity contribution in [1.82, 2.24) is 9.44 Å². The summed E-state index contributed by atoms with van der Waals surface area (Å²) in [6.07, 6.45) is -0.794. The first kappa shape index (κ1) is 54.6. The van der Waals surface area contributed by atoms with E-state index < -0.39 is 97.7 Å². The predicted molar refractivity (Wildman–Crippen MR) is 269 cm³/mol. The molecule has 5 aromatic rings. The molecule has 0 saturated heterocycles. The number of amides is 1. The van der Waals surface area contributed by atoms with Crippen molar-refractivity contribution in [2.75, 3.05) is 30.8 Å². The van der Waals surface area contributed by atoms with Crippen molar-refractivity contribution in [2.24, 2.45) is 10.4 Å². The largest absolute Gasteiger partial charge is 0.463 e. The summed E-state index contributed by atoms with van der Waals surface area (Å²) >= 11 is 0. The molecule has 390 valence electrons. The second kappa shape index (κ2) is 21.4. The number of fused-ring (bicyclic) bond motifs is 2. The normalized spacial score (nSPS) is 12.6. The van der Waals surface area contributed by atoms with E-state index in [1.165, 1.54) is 22.3 Å². The highest BCUT2D eigenvalue weighted by molar-refractivity contribution is 8.04. The number of aryl methyl sites for hydroxylation is 4. The first-order valence-corrected chi connectivity index (χ1v) is 27.4. The molecule has 0 bridgehead atoms. The number of alkyl carbamates (subject to hydrolysis) is 1. The molecule has 0 unspecified atom stereocenters. The van der Waals surface area contributed by atoms with E-state index in [0.717, 1.165) is 34.0 Å². The second-order valence-electron chi connectivity index (χ2n) is 17.9. The summed E-state index contributed by atoms with van der Waals surface area (Å²) in [4.78, 5) is 23.5. The minimum atomic E-state index is -6.17. The molecular weight excluding hydrogens is 1030 g/mol. The molecule has 1 aliphatic carbocycles. The Bertz CT molecular complexity index is 3700. The van der Waals surface area contributed by atoms with Gasteiger partial charge in [-0.3, -0.25) is 4.79 Å². The molecule has 0 radical (unpaired) electrons. The zero-order valence-electron chi connectivity index (χ0n) is 40.9. The van der Waals surface area contributed by atoms with Crippen molar-refractivity contribution < 1.29 is 66.3 Å². The topological polar surface area (TPSA) is 217 Å². The van der Waals surface area contributed by atoms with Crippen LogP contribution in [0.3, 0.4) is 0 Å². The standard InChI is InChI=1S/C52H50F4N4O11S3/c1-8-52(6,7)50(61)69-24-23-57-51(62)70-25-26-72(63,64)48-42(53)44(55)49(45(56)43(48)54)74(67,68)60-73(65,66)40-18-10-9-17-37(40)41-35-21-19-33(58-46-29(2)13-11-14-30(46)3)27-38(35)71-39-28-34(20-22-36(39)41)59-47-31(4)15-12-16-32(47)5/h9-22,27-28,58,60H,8,23-26H2,1-7H3,(H,57,62)/b59-34+. The number of esters is 1. The van der Waals surface area contributed by atoms with Crippen molar-refractivity contribution in [3.63, 3.8) is 0 Å². The molecule has 0 fully saturated rings. The molecule has 1 amide bonds. The number of hydrogen-bond acceptors (Lipinski definition) is 13. The lowest BCUT2D eigenvalue weighted by Gasteiger charge is -2.20. The van der Waals surface area contributed by atoms with Crippen LogP contribution in [0.1, 0.15) is 49.4 Å². The summed E-state index contributed by atoms with van der Waals surface area (Å²) in [6.45, 7) is 11.0. The maximum absolute atomic E-state index is 15.8. The molecule has 0 saturated carbocycles. The Hall–Kier alpha value is -7.14. The molecule has 1 heterocycles. The first-order valence-electron chi connectivity index (χ1n) is 22.8. The Morgan fingerprint density at radius 3 is 1.92 bits per heavy atom. The molecule has 0 spiro atoms. The lowest BCUT2D eigenvalue weighted by atomic mass is 9.91. The van der Waals surface area contributed by atoms with Gasteiger partial charge in [0, 0.05) is 45.6 Å². The Morgan fingerprint density at radius 1 is 0.676 bits per heavy atom. The van der Waals surface area contributed by atoms with Gasteiger partial charge in [-0.15, -0.1) is 4.13 Å². The predicted octanol–water partition coefficient (Wildman–Crippen LogP) is 10.1. The van der Waals surface area contributed by atoms with Crippen molar-refractivity contribution in [3.05, 3.63) is 148 Å². The van der Waals surface area contributed by atoms with E-state index in [1.54, 1.807) is 57.2 Å². The van der Waals surface area contributed by atoms with Gasteiger partial charge in [0.2, 0.25) is 0 Å². The number of benzene rings is 6. The Labute approximate surface area is 425 Å². The van der Waals surface area contributed by atoms with E-state index >= 15 is 17.6 Å². The monoisotopic (exact) mass is 1080 g/mol. The molecule has 15 nitrogen and oxygen atoms in total. The van der Waals surface area contributed by atoms with E-state index in [1.807, 2.05) is 64.1 Å². The number of ether oxygens (including phenoxy) is 2. The van der Waals surface area contributed by atoms with Crippen LogP contribution in [0, 0.1) is 56.4 Å². The van der Waals surface area contributed by atoms with Crippen LogP contribution in [-0.2, 0) is 44.2 Å². The zero-order valence-corrected chi connectivity index (χ0v) is 43.4. The highest BCUT2D eigenvalue weighted by atomic mass is 32.3. The van der Waals surface area contributed by atoms with E-state index in [2.05, 4.69) is 15.4 Å². The molecule has 0 aromatic heterocycles. The molecule has 0 atom stereocenters. The van der Waals surface area contributed by atoms with Crippen molar-refractivity contribution in [1.29, 1.82) is 0 Å². The number of anilines is 2. The van der Waals surface area contributed by atoms with Crippen LogP contribution in [0.15, 0.2) is 121 Å². The highest BCUT2D eigenvalue weighted by Crippen LogP contribution is 2.44. The molecule has 3 N–H and O–H groups in total. The number of rotatable bonds is 17. The Morgan fingerprint density at radius 2 is 1.28 bits per heavy atom. The van der Waals surface area contributed by atoms with Crippen LogP contribution in [0.25, 0.3) is 33.4 Å². The molecule has 22 heteroatoms. The second-order valence-corrected chi connectivity index (χ2v) is 23.4. The number of carbonyl (C=O) groups excluding carboxylic acids is 2. The summed E-state index contributed by atoms with van der Waals surface area (Å²) in [6, 6.07) is 26.4. The Balaban J connectivity index is 1.23. The number of sulfone groups is 1. The fourth-order valence-electron chi connectivity index (χ4n) is 7.86. The molecule has 5 aromatic carbocycles. The van der Waals surface area contributed by atoms with Crippen molar-refractivity contribution in [2.45, 2.75) is 69.6 Å². The summed E-state index contributed by atoms with van der Waals surface area (Å²) in [5.74, 6) is -12.7. The van der Waals surface area contributed by atoms with Crippen LogP contribution in [0.5, 0.6) is 0 Å². The third kappa shape index (κ3) is 11.3. The van der Waals surface area contributed by atoms with Gasteiger partial charge in [-0.05, 0) is 101 Å². The van der Waals surface area contributed by atoms with Gasteiger partial charge in [0.25, 0.3) is 20.0 Å². The van der Waals surface area contributed by atoms with E-state index in [-0.39, 0.29) is 35.6 Å². The quantitative estimate of drug-likeness (QED) is 0.0255. The molecule has 74 heavy (non-hydrogen) atoms. The van der Waals surface area contributed by atoms with Gasteiger partial charge in [-0.25, -0.2) is 52.6 Å². The lowest BCUT2D eigenvalue weighted by Crippen LogP contribution is -2.33. The van der Waals surface area contributed by atoms with Crippen molar-refractivity contribution in [3.8, 4) is 22.5 Å². The molecule has 2 aliphatic rings. The SMILES string of the molecule is CCC(C)(C)C(=O)OCCNC(=O)OCCS(=O)(=O)c1c(F)c(F)c(S(=O)(=O)NS(=O)(=O)c2ccccc2-c2c3cc/c(=N\c4c(C)cccc4C)cc-3oc3cc(Nc4c(C)cccc4C)ccc23)c(F)c1F. The molecule has 1 aliphatic heterocycles. The van der Waals surface area contributed by atoms with E-state index in [4.69, 9.17) is 14.1 Å². The van der Waals surface area contributed by atoms with Crippen LogP contribution < -0.4 is 20.1 Å². The maximum atomic E-state index is 15.8. The molecule has 7 rings (SSSR count). The first-order chi connectivity index (χ1) is 34.8. The fraction of sp³-hybridized carbons (Fsp3) is 0.250. The minimum Gasteiger partial charge on any atom is -0.463 e. The van der Waals surface area contributed by atoms with E-state index in [9.17, 15) is 34.8 Å². The van der Waals surface area contributed by atoms with Crippen molar-refractivity contribution >= 4 is 70.0 Å². The van der Waals surface area contributed by atoms with Gasteiger partial charge in [-0.1, -0.05) is 61.5 Å². The highest BCUT2D eigenvalue weighted by Gasteiger charge is 2.40. The third-order valence-electron chi connectivity index (χ3n) is 12.2. The number of sulfonamides is 2. The number of halogens is 4. The summed E-state index contributed by atoms with van der Waals surface area (Å²) in [7, 11) is -17.1. The number of nitrogens with one attached hydrogen (secondary N) is 3. The van der Waals surface area contributed by atoms with Crippen LogP contribution >= 0.6 is 0 Å². The number of nitrogens with zero attached hydrogens (tertiary/aromatic N) is 1. The van der Waals surface area contributed by atoms with Gasteiger partial charge in [0.1, 0.15) is 29.5 Å². The fourth-order valence-corrected chi connectivity index (χ4v) is 12.3. The van der Waals surface area contributed by atoms with Gasteiger partial charge >= 0.3 is 12.1 Å². The number of hydrogen-bond donors (Lipinski definition) is 3. The molecular formula is C52H50F4N4O11S3. The minimum absolute atomic E-state index is 0.147. The zero-order chi connectivity index (χ0) is 54.1. The van der Waals surface area contributed by atoms with Crippen LogP contribution in [-0.4, -0.2) is 62.8 Å². The third-order valence-corrected chi connectivity index (χ3v) is 17.5. The van der Waals surface area contributed by atoms with Gasteiger partial charge in [0.05, 0.1) is 33.7 Å². The van der Waals surface area contributed by atoms with Crippen LogP contribution in [0.4, 0.5) is 39.4 Å². The van der Waals surface area contributed by atoms with Crippen LogP contribution in [0.2, 0.25) is 0 Å². The van der Waals surface area contributed by atoms with Gasteiger partial charge in [0.15, 0.2) is 38.0 Å². The average Bonchev–Trinajstić information content (AvgIpc) is 3.33. The van der Waals surface area contributed by atoms with Gasteiger partial charge in [-0.2, -0.15) is 0 Å². The average molecular weight is 1080 g/mol. The summed E-state index contributed by atoms with van der Waals surface area (Å²) in [5, 5.41) is 6.34. The summed E-state index contributed by atoms with van der Waals surface area (Å²) in [5.41, 5.74) is 5.59. The maximum Gasteiger partial charge on any atom is 0.407 e. The van der Waals surface area contributed by atoms with E-state index in [0.29, 0.717) is 34.1 Å². The number of para-hydroxylation sites is 2. The number of carbonyl (C=O) groups is 2. The van der Waals surface area contributed by atoms with Gasteiger partial charge < -0.3 is 24.5 Å².